The first kappa shape index (κ1) is 10.4. The predicted molar refractivity (Wildman–Crippen MR) is 70.3 cm³/mol. The van der Waals surface area contributed by atoms with E-state index in [1.54, 1.807) is 0 Å². The lowest BCUT2D eigenvalue weighted by Gasteiger charge is -2.11. The van der Waals surface area contributed by atoms with Crippen LogP contribution in [0.3, 0.4) is 0 Å². The third-order valence-corrected chi connectivity index (χ3v) is 3.17. The highest BCUT2D eigenvalue weighted by atomic mass is 15.1. The molecule has 0 saturated heterocycles. The first-order valence-corrected chi connectivity index (χ1v) is 5.93. The van der Waals surface area contributed by atoms with Gasteiger partial charge in [-0.25, -0.2) is 0 Å². The normalized spacial score (nSPS) is 16.9. The van der Waals surface area contributed by atoms with E-state index in [-0.39, 0.29) is 6.04 Å². The summed E-state index contributed by atoms with van der Waals surface area (Å²) in [6.07, 6.45) is 2.86. The lowest BCUT2D eigenvalue weighted by Crippen LogP contribution is -2.39. The van der Waals surface area contributed by atoms with Gasteiger partial charge in [0.15, 0.2) is 0 Å². The Hall–Kier alpha value is -1.81. The number of hydrogen-bond donors (Lipinski definition) is 3. The van der Waals surface area contributed by atoms with Gasteiger partial charge in [0.25, 0.3) is 0 Å². The molecule has 4 N–H and O–H groups in total. The maximum Gasteiger partial charge on any atom is 0.114 e. The second-order valence-electron chi connectivity index (χ2n) is 4.36. The van der Waals surface area contributed by atoms with E-state index in [2.05, 4.69) is 33.5 Å². The summed E-state index contributed by atoms with van der Waals surface area (Å²) in [4.78, 5) is 7.63. The summed E-state index contributed by atoms with van der Waals surface area (Å²) < 4.78 is 0. The van der Waals surface area contributed by atoms with Gasteiger partial charge in [-0.05, 0) is 18.1 Å². The van der Waals surface area contributed by atoms with Crippen molar-refractivity contribution in [1.29, 1.82) is 0 Å². The Labute approximate surface area is 99.9 Å². The molecule has 4 heteroatoms. The third-order valence-electron chi connectivity index (χ3n) is 3.17. The van der Waals surface area contributed by atoms with Crippen molar-refractivity contribution >= 4 is 16.7 Å². The number of aromatic nitrogens is 1. The van der Waals surface area contributed by atoms with Crippen molar-refractivity contribution in [2.75, 3.05) is 13.1 Å². The Kier molecular flexibility index (Phi) is 2.57. The quantitative estimate of drug-likeness (QED) is 0.735. The number of hydrogen-bond acceptors (Lipinski definition) is 3. The maximum absolute atomic E-state index is 6.15. The van der Waals surface area contributed by atoms with Gasteiger partial charge in [-0.3, -0.25) is 4.99 Å². The zero-order valence-corrected chi connectivity index (χ0v) is 9.61. The molecule has 1 aromatic carbocycles. The van der Waals surface area contributed by atoms with Gasteiger partial charge in [0.05, 0.1) is 12.6 Å². The van der Waals surface area contributed by atoms with Crippen molar-refractivity contribution in [3.05, 3.63) is 36.0 Å². The van der Waals surface area contributed by atoms with Crippen molar-refractivity contribution < 1.29 is 0 Å². The molecule has 4 nitrogen and oxygen atoms in total. The van der Waals surface area contributed by atoms with Crippen molar-refractivity contribution in [1.82, 2.24) is 10.3 Å². The fourth-order valence-corrected chi connectivity index (χ4v) is 2.30. The van der Waals surface area contributed by atoms with Gasteiger partial charge in [0, 0.05) is 23.6 Å². The van der Waals surface area contributed by atoms with Crippen LogP contribution in [-0.2, 0) is 6.42 Å². The average Bonchev–Trinajstić information content (AvgIpc) is 2.98. The predicted octanol–water partition coefficient (Wildman–Crippen LogP) is 1.04. The summed E-state index contributed by atoms with van der Waals surface area (Å²) in [6, 6.07) is 8.26. The second-order valence-corrected chi connectivity index (χ2v) is 4.36. The van der Waals surface area contributed by atoms with E-state index >= 15 is 0 Å². The van der Waals surface area contributed by atoms with E-state index in [0.717, 1.165) is 30.9 Å². The molecule has 0 spiro atoms. The van der Waals surface area contributed by atoms with Gasteiger partial charge >= 0.3 is 0 Å². The summed E-state index contributed by atoms with van der Waals surface area (Å²) in [5, 5.41) is 4.48. The number of fused-ring (bicyclic) bond motifs is 1. The summed E-state index contributed by atoms with van der Waals surface area (Å²) in [5.41, 5.74) is 8.57. The topological polar surface area (TPSA) is 66.2 Å². The second kappa shape index (κ2) is 4.22. The van der Waals surface area contributed by atoms with Crippen LogP contribution >= 0.6 is 0 Å². The molecular formula is C13H16N4. The number of nitrogens with one attached hydrogen (secondary N) is 2. The van der Waals surface area contributed by atoms with Crippen molar-refractivity contribution in [2.24, 2.45) is 10.7 Å². The summed E-state index contributed by atoms with van der Waals surface area (Å²) in [5.74, 6) is 0.940. The summed E-state index contributed by atoms with van der Waals surface area (Å²) in [6.45, 7) is 1.76. The zero-order valence-electron chi connectivity index (χ0n) is 9.61. The summed E-state index contributed by atoms with van der Waals surface area (Å²) in [7, 11) is 0. The molecule has 1 aliphatic rings. The van der Waals surface area contributed by atoms with Crippen LogP contribution in [0, 0.1) is 0 Å². The van der Waals surface area contributed by atoms with Crippen LogP contribution < -0.4 is 11.1 Å². The minimum Gasteiger partial charge on any atom is -0.371 e. The molecule has 0 bridgehead atoms. The number of para-hydroxylation sites is 1. The lowest BCUT2D eigenvalue weighted by molar-refractivity contribution is 0.822. The lowest BCUT2D eigenvalue weighted by atomic mass is 10.1. The molecule has 1 aromatic heterocycles. The van der Waals surface area contributed by atoms with Crippen LogP contribution in [0.5, 0.6) is 0 Å². The molecule has 2 aromatic rings. The van der Waals surface area contributed by atoms with E-state index in [4.69, 9.17) is 5.73 Å². The van der Waals surface area contributed by atoms with E-state index in [1.165, 1.54) is 10.9 Å². The Morgan fingerprint density at radius 3 is 3.06 bits per heavy atom. The molecule has 0 fully saturated rings. The van der Waals surface area contributed by atoms with Crippen molar-refractivity contribution in [3.63, 3.8) is 0 Å². The number of aliphatic imine (C=N–C) groups is 1. The fourth-order valence-electron chi connectivity index (χ4n) is 2.30. The molecule has 88 valence electrons. The molecule has 0 aliphatic carbocycles. The van der Waals surface area contributed by atoms with Crippen molar-refractivity contribution in [2.45, 2.75) is 12.5 Å². The number of rotatable bonds is 3. The molecule has 3 rings (SSSR count). The fraction of sp³-hybridized carbons (Fsp3) is 0.308. The molecule has 0 unspecified atom stereocenters. The Morgan fingerprint density at radius 1 is 1.35 bits per heavy atom. The highest BCUT2D eigenvalue weighted by Crippen LogP contribution is 2.18. The van der Waals surface area contributed by atoms with Gasteiger partial charge in [-0.1, -0.05) is 18.2 Å². The smallest absolute Gasteiger partial charge is 0.114 e. The van der Waals surface area contributed by atoms with E-state index in [0.29, 0.717) is 0 Å². The third kappa shape index (κ3) is 1.91. The SMILES string of the molecule is N[C@@H](Cc1c[nH]c2ccccc12)C1=NCCN1. The van der Waals surface area contributed by atoms with Crippen LogP contribution in [0.2, 0.25) is 0 Å². The van der Waals surface area contributed by atoms with Crippen LogP contribution in [0.1, 0.15) is 5.56 Å². The molecule has 0 saturated carbocycles. The first-order chi connectivity index (χ1) is 8.34. The number of amidine groups is 1. The van der Waals surface area contributed by atoms with E-state index in [1.807, 2.05) is 12.3 Å². The Bertz CT molecular complexity index is 555. The number of nitrogens with zero attached hydrogens (tertiary/aromatic N) is 1. The molecule has 0 amide bonds. The van der Waals surface area contributed by atoms with Gasteiger partial charge in [-0.2, -0.15) is 0 Å². The Balaban J connectivity index is 1.85. The zero-order chi connectivity index (χ0) is 11.7. The van der Waals surface area contributed by atoms with E-state index < -0.39 is 0 Å². The molecule has 1 aliphatic heterocycles. The number of nitrogens with two attached hydrogens (primary N) is 1. The highest BCUT2D eigenvalue weighted by molar-refractivity contribution is 5.90. The number of aromatic amines is 1. The standard InChI is InChI=1S/C13H16N4/c14-11(13-15-5-6-16-13)7-9-8-17-12-4-2-1-3-10(9)12/h1-4,8,11,17H,5-7,14H2,(H,15,16)/t11-/m0/s1. The minimum atomic E-state index is -0.0308. The van der Waals surface area contributed by atoms with Crippen molar-refractivity contribution in [3.8, 4) is 0 Å². The number of H-pyrrole nitrogens is 1. The van der Waals surface area contributed by atoms with Crippen LogP contribution in [-0.4, -0.2) is 30.0 Å². The number of benzene rings is 1. The van der Waals surface area contributed by atoms with Crippen LogP contribution in [0.25, 0.3) is 10.9 Å². The molecule has 2 heterocycles. The highest BCUT2D eigenvalue weighted by Gasteiger charge is 2.16. The van der Waals surface area contributed by atoms with E-state index in [9.17, 15) is 0 Å². The monoisotopic (exact) mass is 228 g/mol. The van der Waals surface area contributed by atoms with Crippen LogP contribution in [0.4, 0.5) is 0 Å². The van der Waals surface area contributed by atoms with Crippen LogP contribution in [0.15, 0.2) is 35.5 Å². The largest absolute Gasteiger partial charge is 0.371 e. The van der Waals surface area contributed by atoms with Gasteiger partial charge in [0.2, 0.25) is 0 Å². The molecule has 17 heavy (non-hydrogen) atoms. The van der Waals surface area contributed by atoms with Gasteiger partial charge in [0.1, 0.15) is 5.84 Å². The van der Waals surface area contributed by atoms with Gasteiger partial charge < -0.3 is 16.0 Å². The molecule has 0 radical (unpaired) electrons. The maximum atomic E-state index is 6.15. The average molecular weight is 228 g/mol. The first-order valence-electron chi connectivity index (χ1n) is 5.93. The Morgan fingerprint density at radius 2 is 2.24 bits per heavy atom. The molecular weight excluding hydrogens is 212 g/mol. The minimum absolute atomic E-state index is 0.0308. The van der Waals surface area contributed by atoms with Gasteiger partial charge in [-0.15, -0.1) is 0 Å². The summed E-state index contributed by atoms with van der Waals surface area (Å²) >= 11 is 0. The molecule has 1 atom stereocenters.